The highest BCUT2D eigenvalue weighted by Crippen LogP contribution is 2.49. The van der Waals surface area contributed by atoms with Crippen LogP contribution >= 0.6 is 0 Å². The van der Waals surface area contributed by atoms with Gasteiger partial charge in [0.25, 0.3) is 0 Å². The van der Waals surface area contributed by atoms with Crippen LogP contribution in [0.2, 0.25) is 0 Å². The lowest BCUT2D eigenvalue weighted by Gasteiger charge is -2.38. The number of aromatic amines is 2. The maximum atomic E-state index is 14.8. The Hall–Kier alpha value is -6.00. The molecule has 0 bridgehead atoms. The molecule has 10 rings (SSSR count). The first kappa shape index (κ1) is 47.7. The molecule has 0 unspecified atom stereocenters. The molecule has 4 aliphatic heterocycles. The average molecular weight is 957 g/mol. The van der Waals surface area contributed by atoms with Gasteiger partial charge in [0.1, 0.15) is 23.7 Å². The highest BCUT2D eigenvalue weighted by Gasteiger charge is 2.52. The molecule has 6 heterocycles. The molecular formula is C54H68N8O8. The van der Waals surface area contributed by atoms with Gasteiger partial charge in [-0.1, -0.05) is 69.2 Å². The first-order valence-corrected chi connectivity index (χ1v) is 25.4. The van der Waals surface area contributed by atoms with Crippen molar-refractivity contribution in [3.63, 3.8) is 0 Å². The number of H-pyrrole nitrogens is 2. The summed E-state index contributed by atoms with van der Waals surface area (Å²) < 4.78 is 22.0. The molecule has 1 spiro atoms. The normalized spacial score (nSPS) is 27.7. The molecular weight excluding hydrogens is 889 g/mol. The number of nitrogens with one attached hydrogen (secondary N) is 4. The lowest BCUT2D eigenvalue weighted by Crippen LogP contribution is -2.54. The van der Waals surface area contributed by atoms with Crippen molar-refractivity contribution in [2.45, 2.75) is 134 Å². The van der Waals surface area contributed by atoms with E-state index in [-0.39, 0.29) is 59.4 Å². The SMILES string of the molecule is COC(=O)N[C@H](C(=O)N1[C@H](c2nc3ccc4cc(-c5ccc(-c6cnc([C@@H]7C[C@@]8(CCCOC8)CN7C(=O)[C@H](NC(=O)OC)C7C[C@@H](C)O[C@H](C)C7)[nH]6)cc5)ccc4c3[nH]2)C[C@@H]2CCCC[C@@H]21)C(C)C. The maximum Gasteiger partial charge on any atom is 0.407 e. The first-order valence-electron chi connectivity index (χ1n) is 25.4. The number of fused-ring (bicyclic) bond motifs is 4. The minimum absolute atomic E-state index is 0.0409. The molecule has 2 aromatic heterocycles. The number of benzene rings is 3. The third kappa shape index (κ3) is 9.24. The van der Waals surface area contributed by atoms with Gasteiger partial charge in [0, 0.05) is 30.0 Å². The summed E-state index contributed by atoms with van der Waals surface area (Å²) in [7, 11) is 2.64. The third-order valence-corrected chi connectivity index (χ3v) is 16.1. The molecule has 1 aliphatic carbocycles. The molecule has 9 atom stereocenters. The van der Waals surface area contributed by atoms with Gasteiger partial charge < -0.3 is 49.3 Å². The molecule has 4 N–H and O–H groups in total. The smallest absolute Gasteiger partial charge is 0.407 e. The fourth-order valence-electron chi connectivity index (χ4n) is 12.7. The maximum absolute atomic E-state index is 14.8. The zero-order valence-corrected chi connectivity index (χ0v) is 41.3. The summed E-state index contributed by atoms with van der Waals surface area (Å²) in [4.78, 5) is 75.6. The standard InChI is InChI=1S/C54H68N8O8/c1-30(2)45(59-52(65)67-5)51(64)62-42-11-8-7-10-37(42)25-43(62)49-56-40-19-17-36-24-35(16-18-39(36)47(40)58-49)33-12-14-34(15-13-33)41-27-55-48(57-41)44-26-54(20-9-21-69-29-54)28-61(44)50(63)46(60-53(66)68-6)38-22-31(3)70-32(4)23-38/h12-19,24,27,30-32,37-38,42-46H,7-11,20-23,25-26,28-29H2,1-6H3,(H,55,57)(H,56,58)(H,59,65)(H,60,66)/t31-,32-,37+,42+,43+,44+,45+,46-,54+/m1/s1. The van der Waals surface area contributed by atoms with E-state index >= 15 is 0 Å². The van der Waals surface area contributed by atoms with Crippen molar-refractivity contribution in [2.24, 2.45) is 23.2 Å². The monoisotopic (exact) mass is 957 g/mol. The number of imidazole rings is 2. The number of hydrogen-bond acceptors (Lipinski definition) is 10. The third-order valence-electron chi connectivity index (χ3n) is 16.1. The van der Waals surface area contributed by atoms with Crippen LogP contribution in [0.15, 0.2) is 60.8 Å². The molecule has 70 heavy (non-hydrogen) atoms. The van der Waals surface area contributed by atoms with Gasteiger partial charge in [0.2, 0.25) is 11.8 Å². The van der Waals surface area contributed by atoms with Crippen molar-refractivity contribution in [1.82, 2.24) is 40.4 Å². The number of amides is 4. The summed E-state index contributed by atoms with van der Waals surface area (Å²) >= 11 is 0. The van der Waals surface area contributed by atoms with Crippen LogP contribution in [0.1, 0.15) is 116 Å². The van der Waals surface area contributed by atoms with E-state index in [1.54, 1.807) is 0 Å². The van der Waals surface area contributed by atoms with E-state index in [1.165, 1.54) is 14.2 Å². The van der Waals surface area contributed by atoms with Crippen LogP contribution in [-0.2, 0) is 28.5 Å². The predicted molar refractivity (Wildman–Crippen MR) is 264 cm³/mol. The zero-order valence-electron chi connectivity index (χ0n) is 41.3. The van der Waals surface area contributed by atoms with Crippen molar-refractivity contribution in [2.75, 3.05) is 34.0 Å². The van der Waals surface area contributed by atoms with Crippen LogP contribution in [0, 0.1) is 23.2 Å². The van der Waals surface area contributed by atoms with Crippen molar-refractivity contribution in [3.05, 3.63) is 72.4 Å². The lowest BCUT2D eigenvalue weighted by molar-refractivity contribution is -0.139. The molecule has 16 heteroatoms. The Kier molecular flexibility index (Phi) is 13.4. The molecule has 5 fully saturated rings. The number of alkyl carbamates (subject to hydrolysis) is 2. The van der Waals surface area contributed by atoms with Crippen LogP contribution in [0.5, 0.6) is 0 Å². The predicted octanol–water partition coefficient (Wildman–Crippen LogP) is 8.98. The summed E-state index contributed by atoms with van der Waals surface area (Å²) in [5, 5.41) is 7.86. The van der Waals surface area contributed by atoms with E-state index in [1.807, 2.05) is 49.8 Å². The number of aromatic nitrogens is 4. The van der Waals surface area contributed by atoms with E-state index in [0.29, 0.717) is 50.8 Å². The molecule has 3 aromatic carbocycles. The number of nitrogens with zero attached hydrogens (tertiary/aromatic N) is 4. The van der Waals surface area contributed by atoms with Crippen molar-refractivity contribution < 1.29 is 38.1 Å². The van der Waals surface area contributed by atoms with Crippen molar-refractivity contribution in [3.8, 4) is 22.4 Å². The summed E-state index contributed by atoms with van der Waals surface area (Å²) in [5.41, 5.74) is 5.53. The van der Waals surface area contributed by atoms with Crippen LogP contribution in [0.3, 0.4) is 0 Å². The minimum Gasteiger partial charge on any atom is -0.453 e. The van der Waals surface area contributed by atoms with Crippen LogP contribution < -0.4 is 10.6 Å². The number of carbonyl (C=O) groups is 4. The Morgan fingerprint density at radius 1 is 0.814 bits per heavy atom. The Morgan fingerprint density at radius 2 is 1.54 bits per heavy atom. The Balaban J connectivity index is 0.889. The second kappa shape index (κ2) is 19.7. The van der Waals surface area contributed by atoms with Crippen LogP contribution in [0.25, 0.3) is 44.2 Å². The van der Waals surface area contributed by atoms with Crippen molar-refractivity contribution >= 4 is 45.8 Å². The van der Waals surface area contributed by atoms with Gasteiger partial charge in [0.15, 0.2) is 0 Å². The van der Waals surface area contributed by atoms with E-state index in [4.69, 9.17) is 28.9 Å². The topological polar surface area (TPSA) is 193 Å². The number of methoxy groups -OCH3 is 2. The molecule has 4 amide bonds. The summed E-state index contributed by atoms with van der Waals surface area (Å²) in [6.07, 6.45) is 9.49. The fraction of sp³-hybridized carbons (Fsp3) is 0.556. The molecule has 0 radical (unpaired) electrons. The van der Waals surface area contributed by atoms with E-state index in [0.717, 1.165) is 95.0 Å². The number of hydrogen-bond donors (Lipinski definition) is 4. The summed E-state index contributed by atoms with van der Waals surface area (Å²) in [6.45, 7) is 9.73. The molecule has 372 valence electrons. The number of carbonyl (C=O) groups excluding carboxylic acids is 4. The van der Waals surface area contributed by atoms with Gasteiger partial charge in [-0.3, -0.25) is 9.59 Å². The van der Waals surface area contributed by atoms with Crippen molar-refractivity contribution in [1.29, 1.82) is 0 Å². The van der Waals surface area contributed by atoms with Crippen LogP contribution in [0.4, 0.5) is 9.59 Å². The second-order valence-electron chi connectivity index (χ2n) is 21.2. The highest BCUT2D eigenvalue weighted by atomic mass is 16.5. The zero-order chi connectivity index (χ0) is 48.8. The first-order chi connectivity index (χ1) is 33.8. The summed E-state index contributed by atoms with van der Waals surface area (Å²) in [6, 6.07) is 17.1. The Bertz CT molecular complexity index is 2720. The number of rotatable bonds is 10. The van der Waals surface area contributed by atoms with E-state index in [9.17, 15) is 19.2 Å². The molecule has 1 saturated carbocycles. The van der Waals surface area contributed by atoms with Gasteiger partial charge in [-0.2, -0.15) is 0 Å². The average Bonchev–Trinajstić information content (AvgIpc) is 4.18. The Morgan fingerprint density at radius 3 is 2.27 bits per heavy atom. The molecule has 4 saturated heterocycles. The lowest BCUT2D eigenvalue weighted by atomic mass is 9.80. The second-order valence-corrected chi connectivity index (χ2v) is 21.2. The van der Waals surface area contributed by atoms with Crippen LogP contribution in [-0.4, -0.2) is 118 Å². The quantitative estimate of drug-likeness (QED) is 0.105. The van der Waals surface area contributed by atoms with E-state index in [2.05, 4.69) is 69.1 Å². The van der Waals surface area contributed by atoms with Gasteiger partial charge >= 0.3 is 12.2 Å². The van der Waals surface area contributed by atoms with Gasteiger partial charge in [-0.25, -0.2) is 19.6 Å². The number of ether oxygens (including phenoxy) is 4. The number of likely N-dealkylation sites (tertiary alicyclic amines) is 2. The minimum atomic E-state index is -0.769. The van der Waals surface area contributed by atoms with E-state index < -0.39 is 24.3 Å². The molecule has 5 aliphatic rings. The van der Waals surface area contributed by atoms with Gasteiger partial charge in [-0.05, 0) is 117 Å². The van der Waals surface area contributed by atoms with Gasteiger partial charge in [-0.15, -0.1) is 0 Å². The molecule has 5 aromatic rings. The fourth-order valence-corrected chi connectivity index (χ4v) is 12.7. The summed E-state index contributed by atoms with van der Waals surface area (Å²) in [5.74, 6) is 1.42. The Labute approximate surface area is 409 Å². The highest BCUT2D eigenvalue weighted by molar-refractivity contribution is 6.05. The van der Waals surface area contributed by atoms with Gasteiger partial charge in [0.05, 0.1) is 68.0 Å². The largest absolute Gasteiger partial charge is 0.453 e. The molecule has 16 nitrogen and oxygen atoms in total.